The van der Waals surface area contributed by atoms with E-state index >= 15 is 0 Å². The molecule has 15 rings (SSSR count). The van der Waals surface area contributed by atoms with Crippen LogP contribution in [0.2, 0.25) is 0 Å². The number of hydrogen-bond donors (Lipinski definition) is 0. The topological polar surface area (TPSA) is 69.9 Å². The van der Waals surface area contributed by atoms with Crippen molar-refractivity contribution >= 4 is 65.7 Å². The molecule has 0 saturated heterocycles. The summed E-state index contributed by atoms with van der Waals surface area (Å²) >= 11 is 0. The maximum Gasteiger partial charge on any atom is 0.164 e. The first-order chi connectivity index (χ1) is 37.1. The highest BCUT2D eigenvalue weighted by atomic mass is 16.3. The Kier molecular flexibility index (Phi) is 9.78. The third-order valence-electron chi connectivity index (χ3n) is 14.7. The van der Waals surface area contributed by atoms with Crippen molar-refractivity contribution < 1.29 is 8.83 Å². The Bertz CT molecular complexity index is 4690. The molecular formula is C69H42N4O2. The van der Waals surface area contributed by atoms with Gasteiger partial charge in [0.25, 0.3) is 0 Å². The molecule has 15 aromatic rings. The Labute approximate surface area is 431 Å². The highest BCUT2D eigenvalue weighted by Gasteiger charge is 2.23. The minimum atomic E-state index is 0.557. The van der Waals surface area contributed by atoms with Crippen LogP contribution in [0, 0.1) is 0 Å². The predicted octanol–water partition coefficient (Wildman–Crippen LogP) is 18.4. The predicted molar refractivity (Wildman–Crippen MR) is 307 cm³/mol. The highest BCUT2D eigenvalue weighted by Crippen LogP contribution is 2.44. The Morgan fingerprint density at radius 2 is 0.760 bits per heavy atom. The number of furan rings is 2. The fourth-order valence-corrected chi connectivity index (χ4v) is 11.1. The molecule has 0 spiro atoms. The maximum atomic E-state index is 6.76. The second kappa shape index (κ2) is 17.3. The summed E-state index contributed by atoms with van der Waals surface area (Å²) in [5, 5.41) is 6.44. The molecule has 6 nitrogen and oxygen atoms in total. The molecule has 0 bridgehead atoms. The third kappa shape index (κ3) is 7.22. The van der Waals surface area contributed by atoms with E-state index in [2.05, 4.69) is 199 Å². The molecule has 0 aliphatic rings. The van der Waals surface area contributed by atoms with E-state index in [1.165, 1.54) is 21.9 Å². The molecule has 75 heavy (non-hydrogen) atoms. The molecule has 0 fully saturated rings. The molecular weight excluding hydrogens is 917 g/mol. The van der Waals surface area contributed by atoms with Gasteiger partial charge in [0.05, 0.1) is 16.7 Å². The van der Waals surface area contributed by atoms with E-state index < -0.39 is 0 Å². The van der Waals surface area contributed by atoms with Gasteiger partial charge in [-0.05, 0) is 93.5 Å². The van der Waals surface area contributed by atoms with Gasteiger partial charge in [0.2, 0.25) is 0 Å². The van der Waals surface area contributed by atoms with Gasteiger partial charge >= 0.3 is 0 Å². The van der Waals surface area contributed by atoms with Crippen molar-refractivity contribution in [3.63, 3.8) is 0 Å². The summed E-state index contributed by atoms with van der Waals surface area (Å²) in [6.45, 7) is 0. The van der Waals surface area contributed by atoms with Gasteiger partial charge in [0.1, 0.15) is 22.3 Å². The lowest BCUT2D eigenvalue weighted by molar-refractivity contribution is 0.668. The zero-order valence-corrected chi connectivity index (χ0v) is 40.4. The Morgan fingerprint density at radius 3 is 1.51 bits per heavy atom. The van der Waals surface area contributed by atoms with E-state index in [1.807, 2.05) is 60.7 Å². The highest BCUT2D eigenvalue weighted by molar-refractivity contribution is 6.15. The lowest BCUT2D eigenvalue weighted by Gasteiger charge is -2.16. The van der Waals surface area contributed by atoms with Gasteiger partial charge in [-0.25, -0.2) is 15.0 Å². The summed E-state index contributed by atoms with van der Waals surface area (Å²) in [5.41, 5.74) is 17.9. The minimum Gasteiger partial charge on any atom is -0.456 e. The summed E-state index contributed by atoms with van der Waals surface area (Å²) in [7, 11) is 0. The lowest BCUT2D eigenvalue weighted by atomic mass is 9.94. The molecule has 0 N–H and O–H groups in total. The maximum absolute atomic E-state index is 6.76. The van der Waals surface area contributed by atoms with E-state index in [0.29, 0.717) is 17.5 Å². The summed E-state index contributed by atoms with van der Waals surface area (Å²) < 4.78 is 15.8. The number of aromatic nitrogens is 4. The van der Waals surface area contributed by atoms with E-state index in [1.54, 1.807) is 0 Å². The minimum absolute atomic E-state index is 0.557. The number of nitrogens with zero attached hydrogens (tertiary/aromatic N) is 4. The average molecular weight is 959 g/mol. The molecule has 0 aliphatic carbocycles. The SMILES string of the molecule is c1ccc(-c2ccc(-c3nc(-c4ccccc4)nc(-c4cc(-c5cccc(-c6cc7c(cc6-n6c8ccccc8c8cc(-c9ccccc9)ccc86)oc6ccccc67)c5)cc5oc6ccccc6c45)n3)cc2)cc1. The third-order valence-corrected chi connectivity index (χ3v) is 14.7. The first-order valence-electron chi connectivity index (χ1n) is 25.2. The number of para-hydroxylation sites is 3. The zero-order chi connectivity index (χ0) is 49.4. The molecule has 0 aliphatic heterocycles. The van der Waals surface area contributed by atoms with Crippen LogP contribution in [0.3, 0.4) is 0 Å². The molecule has 0 unspecified atom stereocenters. The van der Waals surface area contributed by atoms with E-state index in [0.717, 1.165) is 111 Å². The summed E-state index contributed by atoms with van der Waals surface area (Å²) in [6.07, 6.45) is 0. The molecule has 4 aromatic heterocycles. The monoisotopic (exact) mass is 958 g/mol. The summed E-state index contributed by atoms with van der Waals surface area (Å²) in [6, 6.07) is 89.4. The van der Waals surface area contributed by atoms with Gasteiger partial charge in [0.15, 0.2) is 17.5 Å². The van der Waals surface area contributed by atoms with Crippen molar-refractivity contribution in [2.45, 2.75) is 0 Å². The van der Waals surface area contributed by atoms with Gasteiger partial charge < -0.3 is 13.4 Å². The molecule has 4 heterocycles. The van der Waals surface area contributed by atoms with Crippen molar-refractivity contribution in [2.75, 3.05) is 0 Å². The number of hydrogen-bond acceptors (Lipinski definition) is 5. The quantitative estimate of drug-likeness (QED) is 0.152. The molecule has 350 valence electrons. The van der Waals surface area contributed by atoms with Crippen LogP contribution in [-0.2, 0) is 0 Å². The van der Waals surface area contributed by atoms with Crippen LogP contribution in [0.5, 0.6) is 0 Å². The first-order valence-corrected chi connectivity index (χ1v) is 25.2. The van der Waals surface area contributed by atoms with Crippen LogP contribution in [0.15, 0.2) is 264 Å². The molecule has 0 atom stereocenters. The van der Waals surface area contributed by atoms with Crippen LogP contribution < -0.4 is 0 Å². The molecule has 0 amide bonds. The van der Waals surface area contributed by atoms with Crippen LogP contribution in [0.25, 0.3) is 150 Å². The number of rotatable bonds is 8. The second-order valence-corrected chi connectivity index (χ2v) is 19.1. The Hall–Kier alpha value is -10.2. The number of fused-ring (bicyclic) bond motifs is 9. The van der Waals surface area contributed by atoms with Crippen molar-refractivity contribution in [3.05, 3.63) is 255 Å². The van der Waals surface area contributed by atoms with Crippen molar-refractivity contribution in [3.8, 4) is 84.4 Å². The molecule has 0 radical (unpaired) electrons. The molecule has 0 saturated carbocycles. The van der Waals surface area contributed by atoms with Crippen LogP contribution in [0.4, 0.5) is 0 Å². The summed E-state index contributed by atoms with van der Waals surface area (Å²) in [5.74, 6) is 1.73. The van der Waals surface area contributed by atoms with Crippen LogP contribution in [-0.4, -0.2) is 19.5 Å². The number of benzene rings is 11. The largest absolute Gasteiger partial charge is 0.456 e. The fraction of sp³-hybridized carbons (Fsp3) is 0. The standard InChI is InChI=1S/C69H42N4O2/c1-4-17-43(18-5-1)45-31-33-47(34-32-45)68-70-67(46-21-8-3-9-22-46)71-69(72-68)58-39-51(40-65-66(58)54-27-12-15-30-63(54)75-65)48-23-16-24-50(37-48)55-41-57-53-26-11-14-29-62(53)74-64(57)42-61(55)73-59-28-13-10-25-52(59)56-38-49(35-36-60(56)73)44-19-6-2-7-20-44/h1-42H. The molecule has 11 aromatic carbocycles. The van der Waals surface area contributed by atoms with Gasteiger partial charge in [-0.15, -0.1) is 0 Å². The van der Waals surface area contributed by atoms with Crippen molar-refractivity contribution in [1.29, 1.82) is 0 Å². The second-order valence-electron chi connectivity index (χ2n) is 19.1. The van der Waals surface area contributed by atoms with E-state index in [4.69, 9.17) is 23.8 Å². The first kappa shape index (κ1) is 42.5. The summed E-state index contributed by atoms with van der Waals surface area (Å²) in [4.78, 5) is 15.7. The van der Waals surface area contributed by atoms with Crippen LogP contribution >= 0.6 is 0 Å². The van der Waals surface area contributed by atoms with Crippen molar-refractivity contribution in [2.24, 2.45) is 0 Å². The van der Waals surface area contributed by atoms with Gasteiger partial charge in [0, 0.05) is 60.6 Å². The Morgan fingerprint density at radius 1 is 0.253 bits per heavy atom. The lowest BCUT2D eigenvalue weighted by Crippen LogP contribution is -2.00. The van der Waals surface area contributed by atoms with E-state index in [-0.39, 0.29) is 0 Å². The van der Waals surface area contributed by atoms with E-state index in [9.17, 15) is 0 Å². The van der Waals surface area contributed by atoms with Crippen LogP contribution in [0.1, 0.15) is 0 Å². The smallest absolute Gasteiger partial charge is 0.164 e. The average Bonchev–Trinajstić information content (AvgIpc) is 4.21. The van der Waals surface area contributed by atoms with Crippen molar-refractivity contribution in [1.82, 2.24) is 19.5 Å². The zero-order valence-electron chi connectivity index (χ0n) is 40.4. The normalized spacial score (nSPS) is 11.7. The molecule has 6 heteroatoms. The fourth-order valence-electron chi connectivity index (χ4n) is 11.1. The Balaban J connectivity index is 0.936. The van der Waals surface area contributed by atoms with Gasteiger partial charge in [-0.2, -0.15) is 0 Å². The van der Waals surface area contributed by atoms with Gasteiger partial charge in [-0.3, -0.25) is 0 Å². The van der Waals surface area contributed by atoms with Gasteiger partial charge in [-0.1, -0.05) is 194 Å².